The number of benzene rings is 1. The van der Waals surface area contributed by atoms with Crippen molar-refractivity contribution in [1.82, 2.24) is 14.9 Å². The highest BCUT2D eigenvalue weighted by Gasteiger charge is 2.18. The third-order valence-electron chi connectivity index (χ3n) is 3.75. The molecule has 2 aromatic rings. The van der Waals surface area contributed by atoms with Crippen molar-refractivity contribution in [2.45, 2.75) is 6.54 Å². The summed E-state index contributed by atoms with van der Waals surface area (Å²) in [6.07, 6.45) is 1.39. The lowest BCUT2D eigenvalue weighted by Gasteiger charge is -2.35. The average molecular weight is 306 g/mol. The fraction of sp³-hybridized carbons (Fsp3) is 0.333. The van der Waals surface area contributed by atoms with Crippen molar-refractivity contribution >= 4 is 5.82 Å². The van der Waals surface area contributed by atoms with E-state index in [1.54, 1.807) is 6.07 Å². The van der Waals surface area contributed by atoms with Gasteiger partial charge in [0.05, 0.1) is 6.33 Å². The molecule has 1 aromatic heterocycles. The van der Waals surface area contributed by atoms with Crippen molar-refractivity contribution in [2.75, 3.05) is 31.1 Å². The number of hydrogen-bond acceptors (Lipinski definition) is 4. The maximum absolute atomic E-state index is 13.2. The second-order valence-corrected chi connectivity index (χ2v) is 5.28. The van der Waals surface area contributed by atoms with Crippen molar-refractivity contribution in [3.63, 3.8) is 0 Å². The highest BCUT2D eigenvalue weighted by Crippen LogP contribution is 2.15. The molecule has 0 unspecified atom stereocenters. The molecular formula is C15H16F2N4O. The van der Waals surface area contributed by atoms with Crippen molar-refractivity contribution in [1.29, 1.82) is 0 Å². The molecule has 116 valence electrons. The zero-order valence-electron chi connectivity index (χ0n) is 11.9. The first-order chi connectivity index (χ1) is 10.6. The molecule has 1 N–H and O–H groups in total. The van der Waals surface area contributed by atoms with Crippen LogP contribution in [0.15, 0.2) is 35.4 Å². The van der Waals surface area contributed by atoms with E-state index in [1.165, 1.54) is 18.5 Å². The zero-order chi connectivity index (χ0) is 15.5. The molecule has 0 bridgehead atoms. The number of nitrogens with zero attached hydrogens (tertiary/aromatic N) is 3. The molecule has 22 heavy (non-hydrogen) atoms. The van der Waals surface area contributed by atoms with E-state index in [4.69, 9.17) is 0 Å². The Hall–Kier alpha value is -2.28. The Labute approximate surface area is 126 Å². The molecule has 2 heterocycles. The quantitative estimate of drug-likeness (QED) is 0.930. The molecule has 7 heteroatoms. The number of hydrogen-bond donors (Lipinski definition) is 1. The molecule has 0 radical (unpaired) electrons. The first kappa shape index (κ1) is 14.6. The molecule has 1 aliphatic rings. The van der Waals surface area contributed by atoms with Crippen LogP contribution < -0.4 is 10.5 Å². The Bertz CT molecular complexity index is 711. The van der Waals surface area contributed by atoms with E-state index in [9.17, 15) is 13.6 Å². The second kappa shape index (κ2) is 6.23. The molecular weight excluding hydrogens is 290 g/mol. The number of aromatic amines is 1. The van der Waals surface area contributed by atoms with Crippen LogP contribution in [0, 0.1) is 11.6 Å². The lowest BCUT2D eigenvalue weighted by molar-refractivity contribution is 0.249. The van der Waals surface area contributed by atoms with Crippen LogP contribution in [0.5, 0.6) is 0 Å². The Morgan fingerprint density at radius 1 is 1.09 bits per heavy atom. The standard InChI is InChI=1S/C15H16F2N4O/c16-12-2-1-11(7-13(12)17)9-20-3-5-21(6-4-20)14-8-15(22)19-10-18-14/h1-2,7-8,10H,3-6,9H2,(H,18,19,22). The van der Waals surface area contributed by atoms with Gasteiger partial charge < -0.3 is 9.88 Å². The molecule has 0 atom stereocenters. The van der Waals surface area contributed by atoms with Gasteiger partial charge >= 0.3 is 0 Å². The van der Waals surface area contributed by atoms with Crippen LogP contribution in [-0.4, -0.2) is 41.0 Å². The normalized spacial score (nSPS) is 16.0. The molecule has 3 rings (SSSR count). The van der Waals surface area contributed by atoms with Crippen molar-refractivity contribution in [3.05, 3.63) is 58.1 Å². The van der Waals surface area contributed by atoms with E-state index in [1.807, 2.05) is 4.90 Å². The van der Waals surface area contributed by atoms with Crippen LogP contribution in [0.3, 0.4) is 0 Å². The topological polar surface area (TPSA) is 52.2 Å². The van der Waals surface area contributed by atoms with Gasteiger partial charge in [-0.05, 0) is 17.7 Å². The molecule has 0 amide bonds. The summed E-state index contributed by atoms with van der Waals surface area (Å²) in [6, 6.07) is 5.47. The molecule has 1 aliphatic heterocycles. The largest absolute Gasteiger partial charge is 0.354 e. The summed E-state index contributed by atoms with van der Waals surface area (Å²) in [5.74, 6) is -0.978. The van der Waals surface area contributed by atoms with Crippen molar-refractivity contribution in [3.8, 4) is 0 Å². The Morgan fingerprint density at radius 3 is 2.55 bits per heavy atom. The molecule has 0 spiro atoms. The summed E-state index contributed by atoms with van der Waals surface area (Å²) < 4.78 is 26.1. The van der Waals surface area contributed by atoms with Gasteiger partial charge in [0.2, 0.25) is 0 Å². The predicted octanol–water partition coefficient (Wildman–Crippen LogP) is 1.37. The predicted molar refractivity (Wildman–Crippen MR) is 78.7 cm³/mol. The molecule has 1 fully saturated rings. The minimum atomic E-state index is -0.825. The number of anilines is 1. The number of nitrogens with one attached hydrogen (secondary N) is 1. The van der Waals surface area contributed by atoms with E-state index < -0.39 is 11.6 Å². The van der Waals surface area contributed by atoms with E-state index >= 15 is 0 Å². The van der Waals surface area contributed by atoms with E-state index in [2.05, 4.69) is 14.9 Å². The van der Waals surface area contributed by atoms with Crippen LogP contribution in [0.25, 0.3) is 0 Å². The number of aromatic nitrogens is 2. The fourth-order valence-electron chi connectivity index (χ4n) is 2.56. The molecule has 0 saturated carbocycles. The number of H-pyrrole nitrogens is 1. The summed E-state index contributed by atoms with van der Waals surface area (Å²) >= 11 is 0. The number of rotatable bonds is 3. The van der Waals surface area contributed by atoms with Gasteiger partial charge in [-0.25, -0.2) is 13.8 Å². The molecule has 5 nitrogen and oxygen atoms in total. The first-order valence-electron chi connectivity index (χ1n) is 7.08. The Morgan fingerprint density at radius 2 is 1.86 bits per heavy atom. The molecule has 0 aliphatic carbocycles. The Balaban J connectivity index is 1.59. The molecule has 1 saturated heterocycles. The van der Waals surface area contributed by atoms with E-state index in [0.29, 0.717) is 12.4 Å². The van der Waals surface area contributed by atoms with Gasteiger partial charge in [-0.3, -0.25) is 9.69 Å². The lowest BCUT2D eigenvalue weighted by atomic mass is 10.2. The smallest absolute Gasteiger partial charge is 0.252 e. The summed E-state index contributed by atoms with van der Waals surface area (Å²) in [5, 5.41) is 0. The maximum atomic E-state index is 13.2. The van der Waals surface area contributed by atoms with Crippen molar-refractivity contribution in [2.24, 2.45) is 0 Å². The third-order valence-corrected chi connectivity index (χ3v) is 3.75. The van der Waals surface area contributed by atoms with Gasteiger partial charge in [0, 0.05) is 38.8 Å². The third kappa shape index (κ3) is 3.30. The first-order valence-corrected chi connectivity index (χ1v) is 7.08. The minimum absolute atomic E-state index is 0.172. The number of piperazine rings is 1. The van der Waals surface area contributed by atoms with Crippen molar-refractivity contribution < 1.29 is 8.78 Å². The lowest BCUT2D eigenvalue weighted by Crippen LogP contribution is -2.46. The van der Waals surface area contributed by atoms with Gasteiger partial charge in [0.15, 0.2) is 11.6 Å². The summed E-state index contributed by atoms with van der Waals surface area (Å²) in [4.78, 5) is 22.1. The zero-order valence-corrected chi connectivity index (χ0v) is 11.9. The molecule has 1 aromatic carbocycles. The average Bonchev–Trinajstić information content (AvgIpc) is 2.52. The monoisotopic (exact) mass is 306 g/mol. The van der Waals surface area contributed by atoms with Gasteiger partial charge in [0.1, 0.15) is 5.82 Å². The summed E-state index contributed by atoms with van der Waals surface area (Å²) in [5.41, 5.74) is 0.579. The Kier molecular flexibility index (Phi) is 4.15. The van der Waals surface area contributed by atoms with Crippen LogP contribution in [0.4, 0.5) is 14.6 Å². The van der Waals surface area contributed by atoms with Gasteiger partial charge in [0.25, 0.3) is 5.56 Å². The highest BCUT2D eigenvalue weighted by molar-refractivity contribution is 5.37. The summed E-state index contributed by atoms with van der Waals surface area (Å²) in [6.45, 7) is 3.59. The van der Waals surface area contributed by atoms with Crippen LogP contribution in [0.1, 0.15) is 5.56 Å². The van der Waals surface area contributed by atoms with E-state index in [0.717, 1.165) is 37.8 Å². The van der Waals surface area contributed by atoms with E-state index in [-0.39, 0.29) is 5.56 Å². The fourth-order valence-corrected chi connectivity index (χ4v) is 2.56. The van der Waals surface area contributed by atoms with Crippen LogP contribution in [-0.2, 0) is 6.54 Å². The van der Waals surface area contributed by atoms with Gasteiger partial charge in [-0.2, -0.15) is 0 Å². The number of halogens is 2. The highest BCUT2D eigenvalue weighted by atomic mass is 19.2. The second-order valence-electron chi connectivity index (χ2n) is 5.28. The summed E-state index contributed by atoms with van der Waals surface area (Å²) in [7, 11) is 0. The SMILES string of the molecule is O=c1cc(N2CCN(Cc3ccc(F)c(F)c3)CC2)nc[nH]1. The van der Waals surface area contributed by atoms with Gasteiger partial charge in [-0.15, -0.1) is 0 Å². The van der Waals surface area contributed by atoms with Crippen LogP contribution in [0.2, 0.25) is 0 Å². The maximum Gasteiger partial charge on any atom is 0.252 e. The van der Waals surface area contributed by atoms with Gasteiger partial charge in [-0.1, -0.05) is 6.07 Å². The van der Waals surface area contributed by atoms with Crippen LogP contribution >= 0.6 is 0 Å². The minimum Gasteiger partial charge on any atom is -0.354 e.